The Labute approximate surface area is 197 Å². The molecule has 0 unspecified atom stereocenters. The maximum absolute atomic E-state index is 13.8. The van der Waals surface area contributed by atoms with Crippen LogP contribution >= 0.6 is 11.3 Å². The van der Waals surface area contributed by atoms with Crippen molar-refractivity contribution < 1.29 is 23.1 Å². The van der Waals surface area contributed by atoms with E-state index in [0.717, 1.165) is 35.1 Å². The number of ether oxygens (including phenoxy) is 1. The van der Waals surface area contributed by atoms with Gasteiger partial charge >= 0.3 is 0 Å². The van der Waals surface area contributed by atoms with Crippen molar-refractivity contribution in [1.29, 1.82) is 0 Å². The molecule has 0 atom stereocenters. The molecule has 0 bridgehead atoms. The Hall–Kier alpha value is -4.18. The van der Waals surface area contributed by atoms with Gasteiger partial charge in [0.25, 0.3) is 11.8 Å². The predicted molar refractivity (Wildman–Crippen MR) is 124 cm³/mol. The first-order chi connectivity index (χ1) is 16.4. The molecular formula is C24H18F2N4O3S. The second-order valence-corrected chi connectivity index (χ2v) is 8.28. The molecule has 0 aliphatic rings. The number of nitrogens with zero attached hydrogens (tertiary/aromatic N) is 2. The third-order valence-electron chi connectivity index (χ3n) is 4.60. The van der Waals surface area contributed by atoms with Gasteiger partial charge < -0.3 is 15.4 Å². The summed E-state index contributed by atoms with van der Waals surface area (Å²) in [7, 11) is 0. The minimum Gasteiger partial charge on any atom is -0.486 e. The van der Waals surface area contributed by atoms with Crippen LogP contribution in [0.2, 0.25) is 0 Å². The Morgan fingerprint density at radius 2 is 1.74 bits per heavy atom. The van der Waals surface area contributed by atoms with Gasteiger partial charge in [0.2, 0.25) is 5.01 Å². The van der Waals surface area contributed by atoms with E-state index in [9.17, 15) is 18.4 Å². The predicted octanol–water partition coefficient (Wildman–Crippen LogP) is 5.21. The summed E-state index contributed by atoms with van der Waals surface area (Å²) in [6.45, 7) is 2.14. The van der Waals surface area contributed by atoms with Crippen molar-refractivity contribution in [3.8, 4) is 5.75 Å². The summed E-state index contributed by atoms with van der Waals surface area (Å²) in [6, 6.07) is 16.3. The lowest BCUT2D eigenvalue weighted by Gasteiger charge is -2.08. The maximum atomic E-state index is 13.8. The van der Waals surface area contributed by atoms with E-state index < -0.39 is 23.4 Å². The number of aryl methyl sites for hydroxylation is 1. The fourth-order valence-corrected chi connectivity index (χ4v) is 3.54. The highest BCUT2D eigenvalue weighted by Crippen LogP contribution is 2.20. The van der Waals surface area contributed by atoms with Gasteiger partial charge in [-0.05, 0) is 49.4 Å². The van der Waals surface area contributed by atoms with E-state index in [1.165, 1.54) is 12.1 Å². The van der Waals surface area contributed by atoms with E-state index in [-0.39, 0.29) is 22.9 Å². The van der Waals surface area contributed by atoms with Crippen molar-refractivity contribution in [3.63, 3.8) is 0 Å². The Kier molecular flexibility index (Phi) is 6.88. The third-order valence-corrected chi connectivity index (χ3v) is 5.50. The van der Waals surface area contributed by atoms with Crippen LogP contribution in [0.1, 0.15) is 30.7 Å². The fraction of sp³-hybridized carbons (Fsp3) is 0.0833. The zero-order valence-electron chi connectivity index (χ0n) is 17.8. The number of nitrogens with one attached hydrogen (secondary N) is 2. The van der Waals surface area contributed by atoms with E-state index in [4.69, 9.17) is 4.74 Å². The molecule has 0 aliphatic carbocycles. The van der Waals surface area contributed by atoms with Crippen LogP contribution < -0.4 is 15.4 Å². The summed E-state index contributed by atoms with van der Waals surface area (Å²) in [5.41, 5.74) is 1.30. The molecule has 3 aromatic carbocycles. The summed E-state index contributed by atoms with van der Waals surface area (Å²) in [5.74, 6) is -1.93. The van der Waals surface area contributed by atoms with Crippen molar-refractivity contribution in [3.05, 3.63) is 99.5 Å². The van der Waals surface area contributed by atoms with Crippen molar-refractivity contribution in [2.24, 2.45) is 0 Å². The molecule has 172 valence electrons. The Morgan fingerprint density at radius 1 is 0.941 bits per heavy atom. The average Bonchev–Trinajstić information content (AvgIpc) is 3.30. The van der Waals surface area contributed by atoms with Crippen LogP contribution in [0.4, 0.5) is 20.2 Å². The SMILES string of the molecule is Cc1ccc(OCc2nnc(C(=O)Nc3cccc(C(=O)Nc4cc(F)ccc4F)c3)s2)cc1. The number of anilines is 2. The largest absolute Gasteiger partial charge is 0.486 e. The molecule has 10 heteroatoms. The zero-order chi connectivity index (χ0) is 24.1. The van der Waals surface area contributed by atoms with Gasteiger partial charge in [-0.2, -0.15) is 0 Å². The Balaban J connectivity index is 1.38. The summed E-state index contributed by atoms with van der Waals surface area (Å²) < 4.78 is 32.8. The van der Waals surface area contributed by atoms with E-state index in [2.05, 4.69) is 20.8 Å². The lowest BCUT2D eigenvalue weighted by molar-refractivity contribution is 0.101. The molecule has 0 spiro atoms. The molecule has 4 aromatic rings. The summed E-state index contributed by atoms with van der Waals surface area (Å²) >= 11 is 1.08. The van der Waals surface area contributed by atoms with E-state index in [1.807, 2.05) is 31.2 Å². The lowest BCUT2D eigenvalue weighted by Crippen LogP contribution is -2.15. The molecule has 1 aromatic heterocycles. The van der Waals surface area contributed by atoms with Crippen LogP contribution in [0.25, 0.3) is 0 Å². The molecule has 0 fully saturated rings. The molecule has 1 heterocycles. The standard InChI is InChI=1S/C24H18F2N4O3S/c1-14-5-8-18(9-6-14)33-13-21-29-30-24(34-21)23(32)27-17-4-2-3-15(11-17)22(31)28-20-12-16(25)7-10-19(20)26/h2-12H,13H2,1H3,(H,27,32)(H,28,31). The van der Waals surface area contributed by atoms with Crippen molar-refractivity contribution in [2.45, 2.75) is 13.5 Å². The smallest absolute Gasteiger partial charge is 0.286 e. The number of benzene rings is 3. The molecule has 2 amide bonds. The zero-order valence-corrected chi connectivity index (χ0v) is 18.7. The van der Waals surface area contributed by atoms with Crippen LogP contribution in [0.5, 0.6) is 5.75 Å². The molecule has 7 nitrogen and oxygen atoms in total. The Bertz CT molecular complexity index is 1340. The second kappa shape index (κ2) is 10.2. The van der Waals surface area contributed by atoms with Crippen LogP contribution in [-0.2, 0) is 6.61 Å². The van der Waals surface area contributed by atoms with Gasteiger partial charge in [-0.1, -0.05) is 35.1 Å². The number of rotatable bonds is 7. The van der Waals surface area contributed by atoms with Gasteiger partial charge in [0.15, 0.2) is 5.01 Å². The number of hydrogen-bond donors (Lipinski definition) is 2. The molecule has 34 heavy (non-hydrogen) atoms. The summed E-state index contributed by atoms with van der Waals surface area (Å²) in [5, 5.41) is 13.5. The van der Waals surface area contributed by atoms with Crippen LogP contribution in [0.3, 0.4) is 0 Å². The summed E-state index contributed by atoms with van der Waals surface area (Å²) in [4.78, 5) is 25.0. The first kappa shape index (κ1) is 23.0. The lowest BCUT2D eigenvalue weighted by atomic mass is 10.1. The molecule has 2 N–H and O–H groups in total. The molecule has 0 saturated heterocycles. The minimum atomic E-state index is -0.766. The second-order valence-electron chi connectivity index (χ2n) is 7.22. The van der Waals surface area contributed by atoms with Gasteiger partial charge in [0.1, 0.15) is 24.0 Å². The number of carbonyl (C=O) groups is 2. The van der Waals surface area contributed by atoms with Crippen LogP contribution in [-0.4, -0.2) is 22.0 Å². The number of halogens is 2. The van der Waals surface area contributed by atoms with E-state index >= 15 is 0 Å². The normalized spacial score (nSPS) is 10.6. The van der Waals surface area contributed by atoms with E-state index in [1.54, 1.807) is 12.1 Å². The first-order valence-corrected chi connectivity index (χ1v) is 10.9. The number of aromatic nitrogens is 2. The van der Waals surface area contributed by atoms with Gasteiger partial charge in [-0.15, -0.1) is 10.2 Å². The highest BCUT2D eigenvalue weighted by atomic mass is 32.1. The number of hydrogen-bond acceptors (Lipinski definition) is 6. The topological polar surface area (TPSA) is 93.2 Å². The quantitative estimate of drug-likeness (QED) is 0.379. The van der Waals surface area contributed by atoms with Crippen molar-refractivity contribution in [2.75, 3.05) is 10.6 Å². The molecule has 0 radical (unpaired) electrons. The number of amides is 2. The number of carbonyl (C=O) groups excluding carboxylic acids is 2. The third kappa shape index (κ3) is 5.78. The Morgan fingerprint density at radius 3 is 2.53 bits per heavy atom. The minimum absolute atomic E-state index is 0.124. The fourth-order valence-electron chi connectivity index (χ4n) is 2.89. The molecule has 0 saturated carbocycles. The monoisotopic (exact) mass is 480 g/mol. The maximum Gasteiger partial charge on any atom is 0.286 e. The van der Waals surface area contributed by atoms with Crippen molar-refractivity contribution >= 4 is 34.5 Å². The van der Waals surface area contributed by atoms with E-state index in [0.29, 0.717) is 16.4 Å². The average molecular weight is 480 g/mol. The first-order valence-electron chi connectivity index (χ1n) is 10.1. The van der Waals surface area contributed by atoms with Gasteiger partial charge in [-0.3, -0.25) is 9.59 Å². The van der Waals surface area contributed by atoms with Crippen LogP contribution in [0, 0.1) is 18.6 Å². The highest BCUT2D eigenvalue weighted by molar-refractivity contribution is 7.13. The molecule has 0 aliphatic heterocycles. The summed E-state index contributed by atoms with van der Waals surface area (Å²) in [6.07, 6.45) is 0. The highest BCUT2D eigenvalue weighted by Gasteiger charge is 2.15. The molecule has 4 rings (SSSR count). The van der Waals surface area contributed by atoms with Gasteiger partial charge in [-0.25, -0.2) is 8.78 Å². The van der Waals surface area contributed by atoms with Gasteiger partial charge in [0.05, 0.1) is 5.69 Å². The van der Waals surface area contributed by atoms with Gasteiger partial charge in [0, 0.05) is 17.3 Å². The molecular weight excluding hydrogens is 462 g/mol. The van der Waals surface area contributed by atoms with Crippen molar-refractivity contribution in [1.82, 2.24) is 10.2 Å². The van der Waals surface area contributed by atoms with Crippen LogP contribution in [0.15, 0.2) is 66.7 Å².